The average molecular weight is 454 g/mol. The van der Waals surface area contributed by atoms with Crippen LogP contribution in [-0.2, 0) is 14.6 Å². The zero-order chi connectivity index (χ0) is 22.2. The molecule has 4 rings (SSSR count). The first-order valence-electron chi connectivity index (χ1n) is 9.37. The van der Waals surface area contributed by atoms with Gasteiger partial charge in [0.1, 0.15) is 0 Å². The average Bonchev–Trinajstić information content (AvgIpc) is 2.76. The van der Waals surface area contributed by atoms with Gasteiger partial charge in [0.15, 0.2) is 21.4 Å². The zero-order valence-corrected chi connectivity index (χ0v) is 17.7. The van der Waals surface area contributed by atoms with Crippen LogP contribution < -0.4 is 5.32 Å². The number of sulfone groups is 1. The molecule has 0 saturated heterocycles. The minimum Gasteiger partial charge on any atom is -0.326 e. The normalized spacial score (nSPS) is 12.8. The third-order valence-electron chi connectivity index (χ3n) is 4.98. The summed E-state index contributed by atoms with van der Waals surface area (Å²) in [7, 11) is -3.65. The van der Waals surface area contributed by atoms with Crippen LogP contribution in [0.3, 0.4) is 0 Å². The van der Waals surface area contributed by atoms with Gasteiger partial charge in [-0.05, 0) is 42.5 Å². The molecule has 0 unspecified atom stereocenters. The third-order valence-corrected chi connectivity index (χ3v) is 6.96. The van der Waals surface area contributed by atoms with Gasteiger partial charge in [0.25, 0.3) is 0 Å². The largest absolute Gasteiger partial charge is 0.326 e. The molecule has 0 aliphatic heterocycles. The molecule has 0 fully saturated rings. The Hall–Kier alpha value is -3.29. The highest BCUT2D eigenvalue weighted by Crippen LogP contribution is 2.29. The maximum Gasteiger partial charge on any atom is 0.225 e. The lowest BCUT2D eigenvalue weighted by Crippen LogP contribution is -2.22. The van der Waals surface area contributed by atoms with Crippen molar-refractivity contribution in [2.24, 2.45) is 0 Å². The van der Waals surface area contributed by atoms with E-state index in [0.717, 1.165) is 0 Å². The van der Waals surface area contributed by atoms with Gasteiger partial charge in [-0.2, -0.15) is 0 Å². The fourth-order valence-electron chi connectivity index (χ4n) is 3.39. The molecule has 3 aromatic carbocycles. The molecule has 0 saturated carbocycles. The number of benzene rings is 3. The van der Waals surface area contributed by atoms with E-state index >= 15 is 0 Å². The van der Waals surface area contributed by atoms with Crippen LogP contribution in [0.5, 0.6) is 0 Å². The predicted octanol–water partition coefficient (Wildman–Crippen LogP) is 3.92. The molecule has 0 bridgehead atoms. The van der Waals surface area contributed by atoms with Gasteiger partial charge >= 0.3 is 0 Å². The smallest absolute Gasteiger partial charge is 0.225 e. The van der Waals surface area contributed by atoms with Crippen molar-refractivity contribution >= 4 is 44.6 Å². The Bertz CT molecular complexity index is 1330. The molecule has 0 atom stereocenters. The molecule has 156 valence electrons. The lowest BCUT2D eigenvalue weighted by atomic mass is 9.84. The number of amides is 1. The minimum absolute atomic E-state index is 0.0845. The predicted molar refractivity (Wildman–Crippen MR) is 117 cm³/mol. The van der Waals surface area contributed by atoms with E-state index in [1.54, 1.807) is 24.3 Å². The number of halogens is 1. The van der Waals surface area contributed by atoms with Gasteiger partial charge in [-0.25, -0.2) is 8.42 Å². The lowest BCUT2D eigenvalue weighted by Gasteiger charge is -2.18. The standard InChI is InChI=1S/C23H16ClNO5S/c24-14-5-8-16(9-6-14)31(29,30)12-11-21(26)25-15-7-10-19-20(13-15)23(28)18-4-2-1-3-17(18)22(19)27/h1-10,13H,11-12H2,(H,25,26). The number of fused-ring (bicyclic) bond motifs is 2. The molecular weight excluding hydrogens is 438 g/mol. The van der Waals surface area contributed by atoms with Crippen molar-refractivity contribution in [2.75, 3.05) is 11.1 Å². The summed E-state index contributed by atoms with van der Waals surface area (Å²) >= 11 is 5.77. The van der Waals surface area contributed by atoms with Crippen LogP contribution in [0.2, 0.25) is 5.02 Å². The molecule has 3 aromatic rings. The first kappa shape index (κ1) is 21.0. The van der Waals surface area contributed by atoms with Crippen molar-refractivity contribution in [1.29, 1.82) is 0 Å². The Labute approximate surface area is 183 Å². The summed E-state index contributed by atoms with van der Waals surface area (Å²) in [5.41, 5.74) is 1.46. The number of hydrogen-bond acceptors (Lipinski definition) is 5. The molecule has 0 spiro atoms. The van der Waals surface area contributed by atoms with Gasteiger partial charge in [0.05, 0.1) is 10.6 Å². The van der Waals surface area contributed by atoms with Crippen LogP contribution in [0, 0.1) is 0 Å². The van der Waals surface area contributed by atoms with E-state index in [-0.39, 0.29) is 39.8 Å². The second-order valence-electron chi connectivity index (χ2n) is 7.04. The van der Waals surface area contributed by atoms with Gasteiger partial charge in [0, 0.05) is 39.4 Å². The number of hydrogen-bond donors (Lipinski definition) is 1. The Balaban J connectivity index is 1.48. The van der Waals surface area contributed by atoms with E-state index < -0.39 is 15.7 Å². The van der Waals surface area contributed by atoms with Crippen LogP contribution in [0.1, 0.15) is 38.3 Å². The number of carbonyl (C=O) groups excluding carboxylic acids is 3. The Morgan fingerprint density at radius 3 is 2.03 bits per heavy atom. The highest BCUT2D eigenvalue weighted by atomic mass is 35.5. The Kier molecular flexibility index (Phi) is 5.47. The van der Waals surface area contributed by atoms with Crippen LogP contribution >= 0.6 is 11.6 Å². The number of anilines is 1. The van der Waals surface area contributed by atoms with Gasteiger partial charge in [-0.3, -0.25) is 14.4 Å². The quantitative estimate of drug-likeness (QED) is 0.494. The van der Waals surface area contributed by atoms with Crippen LogP contribution in [-0.4, -0.2) is 31.6 Å². The lowest BCUT2D eigenvalue weighted by molar-refractivity contribution is -0.115. The summed E-state index contributed by atoms with van der Waals surface area (Å²) in [5.74, 6) is -1.45. The van der Waals surface area contributed by atoms with Gasteiger partial charge < -0.3 is 5.32 Å². The zero-order valence-electron chi connectivity index (χ0n) is 16.1. The van der Waals surface area contributed by atoms with E-state index in [2.05, 4.69) is 5.32 Å². The number of ketones is 2. The third kappa shape index (κ3) is 4.15. The summed E-state index contributed by atoms with van der Waals surface area (Å²) in [6.45, 7) is 0. The van der Waals surface area contributed by atoms with E-state index in [9.17, 15) is 22.8 Å². The molecular formula is C23H16ClNO5S. The summed E-state index contributed by atoms with van der Waals surface area (Å²) in [4.78, 5) is 37.8. The molecule has 1 N–H and O–H groups in total. The van der Waals surface area contributed by atoms with Crippen molar-refractivity contribution in [2.45, 2.75) is 11.3 Å². The highest BCUT2D eigenvalue weighted by Gasteiger charge is 2.29. The van der Waals surface area contributed by atoms with Crippen molar-refractivity contribution in [3.05, 3.63) is 94.0 Å². The molecule has 8 heteroatoms. The van der Waals surface area contributed by atoms with Crippen LogP contribution in [0.4, 0.5) is 5.69 Å². The van der Waals surface area contributed by atoms with E-state index in [4.69, 9.17) is 11.6 Å². The summed E-state index contributed by atoms with van der Waals surface area (Å²) in [6, 6.07) is 16.7. The van der Waals surface area contributed by atoms with E-state index in [1.165, 1.54) is 42.5 Å². The molecule has 31 heavy (non-hydrogen) atoms. The minimum atomic E-state index is -3.65. The second kappa shape index (κ2) is 8.09. The van der Waals surface area contributed by atoms with Crippen molar-refractivity contribution in [1.82, 2.24) is 0 Å². The number of carbonyl (C=O) groups is 3. The first-order chi connectivity index (χ1) is 14.8. The number of rotatable bonds is 5. The topological polar surface area (TPSA) is 97.4 Å². The molecule has 1 aliphatic rings. The Morgan fingerprint density at radius 2 is 1.39 bits per heavy atom. The SMILES string of the molecule is O=C(CCS(=O)(=O)c1ccc(Cl)cc1)Nc1ccc2c(c1)C(=O)c1ccccc1C2=O. The monoisotopic (exact) mass is 453 g/mol. The van der Waals surface area contributed by atoms with Gasteiger partial charge in [0.2, 0.25) is 5.91 Å². The summed E-state index contributed by atoms with van der Waals surface area (Å²) in [5, 5.41) is 3.01. The molecule has 0 heterocycles. The molecule has 0 aromatic heterocycles. The maximum atomic E-state index is 12.8. The van der Waals surface area contributed by atoms with Crippen molar-refractivity contribution in [3.63, 3.8) is 0 Å². The van der Waals surface area contributed by atoms with Gasteiger partial charge in [-0.15, -0.1) is 0 Å². The van der Waals surface area contributed by atoms with E-state index in [1.807, 2.05) is 0 Å². The molecule has 0 radical (unpaired) electrons. The maximum absolute atomic E-state index is 12.8. The summed E-state index contributed by atoms with van der Waals surface area (Å²) < 4.78 is 24.8. The molecule has 1 aliphatic carbocycles. The van der Waals surface area contributed by atoms with Crippen molar-refractivity contribution in [3.8, 4) is 0 Å². The fourth-order valence-corrected chi connectivity index (χ4v) is 4.75. The van der Waals surface area contributed by atoms with E-state index in [0.29, 0.717) is 21.8 Å². The van der Waals surface area contributed by atoms with Crippen LogP contribution in [0.25, 0.3) is 0 Å². The second-order valence-corrected chi connectivity index (χ2v) is 9.58. The number of nitrogens with one attached hydrogen (secondary N) is 1. The molecule has 6 nitrogen and oxygen atoms in total. The van der Waals surface area contributed by atoms with Gasteiger partial charge in [-0.1, -0.05) is 35.9 Å². The summed E-state index contributed by atoms with van der Waals surface area (Å²) in [6.07, 6.45) is -0.266. The van der Waals surface area contributed by atoms with Crippen molar-refractivity contribution < 1.29 is 22.8 Å². The molecule has 1 amide bonds. The highest BCUT2D eigenvalue weighted by molar-refractivity contribution is 7.91. The fraction of sp³-hybridized carbons (Fsp3) is 0.0870. The Morgan fingerprint density at radius 1 is 0.806 bits per heavy atom. The first-order valence-corrected chi connectivity index (χ1v) is 11.4. The van der Waals surface area contributed by atoms with Crippen LogP contribution in [0.15, 0.2) is 71.6 Å².